The van der Waals surface area contributed by atoms with Crippen molar-refractivity contribution < 1.29 is 43.2 Å². The van der Waals surface area contributed by atoms with Crippen molar-refractivity contribution in [1.82, 2.24) is 0 Å². The number of hydrogen-bond acceptors (Lipinski definition) is 7. The van der Waals surface area contributed by atoms with E-state index in [1.807, 2.05) is 0 Å². The van der Waals surface area contributed by atoms with Crippen molar-refractivity contribution in [1.29, 1.82) is 0 Å². The van der Waals surface area contributed by atoms with Gasteiger partial charge in [-0.15, -0.1) is 0 Å². The van der Waals surface area contributed by atoms with Crippen LogP contribution in [0.5, 0.6) is 0 Å². The standard InChI is InChI=1S/C34H53F2NO7/c1-27(2)25-20(43-26(41)18(37)14-23(39)40)15-21-30(6)16-19(38)24(31(7)9-8-22(44-31)28(3,4)42)29(30,5)10-11-32(21)17-33(25,32)12-13-34(27,35)36/h18-22,24-25,38,42H,8-17,37H2,1-7H3,(H,39,40)/t18-,19-,20-,21-,22-,24-,25-,29+,30-,31-,32-,33+/m0/s1. The fraction of sp³-hybridized carbons (Fsp3) is 0.941. The molecule has 5 saturated carbocycles. The third kappa shape index (κ3) is 4.05. The maximum absolute atomic E-state index is 15.7. The maximum atomic E-state index is 15.7. The monoisotopic (exact) mass is 625 g/mol. The minimum absolute atomic E-state index is 0.00996. The van der Waals surface area contributed by atoms with Crippen LogP contribution in [0.3, 0.4) is 0 Å². The van der Waals surface area contributed by atoms with Crippen LogP contribution < -0.4 is 5.73 Å². The minimum atomic E-state index is -2.94. The van der Waals surface area contributed by atoms with E-state index in [1.54, 1.807) is 27.7 Å². The molecule has 0 bridgehead atoms. The van der Waals surface area contributed by atoms with E-state index < -0.39 is 70.5 Å². The number of fused-ring (bicyclic) bond motifs is 2. The van der Waals surface area contributed by atoms with Gasteiger partial charge in [-0.1, -0.05) is 27.7 Å². The van der Waals surface area contributed by atoms with Crippen molar-refractivity contribution in [2.45, 2.75) is 154 Å². The lowest BCUT2D eigenvalue weighted by Gasteiger charge is -2.65. The molecule has 8 nitrogen and oxygen atoms in total. The molecule has 250 valence electrons. The summed E-state index contributed by atoms with van der Waals surface area (Å²) in [4.78, 5) is 24.5. The fourth-order valence-corrected chi connectivity index (χ4v) is 12.6. The molecule has 0 aromatic heterocycles. The molecule has 0 aromatic rings. The number of nitrogens with two attached hydrogens (primary N) is 1. The van der Waals surface area contributed by atoms with E-state index in [-0.39, 0.29) is 40.6 Å². The normalized spacial score (nSPS) is 50.9. The Hall–Kier alpha value is -1.36. The second kappa shape index (κ2) is 9.38. The van der Waals surface area contributed by atoms with Crippen LogP contribution >= 0.6 is 0 Å². The average molecular weight is 626 g/mol. The number of carboxylic acid groups (broad SMARTS) is 1. The lowest BCUT2D eigenvalue weighted by Crippen LogP contribution is -2.64. The zero-order chi connectivity index (χ0) is 32.7. The number of aliphatic carboxylic acids is 1. The molecule has 6 aliphatic rings. The summed E-state index contributed by atoms with van der Waals surface area (Å²) in [7, 11) is 0. The van der Waals surface area contributed by atoms with Crippen molar-refractivity contribution in [3.05, 3.63) is 0 Å². The Morgan fingerprint density at radius 3 is 2.23 bits per heavy atom. The van der Waals surface area contributed by atoms with Crippen molar-refractivity contribution in [2.24, 2.45) is 50.6 Å². The molecular weight excluding hydrogens is 572 g/mol. The number of carbonyl (C=O) groups excluding carboxylic acids is 1. The van der Waals surface area contributed by atoms with Gasteiger partial charge in [0.15, 0.2) is 0 Å². The Balaban J connectivity index is 1.39. The quantitative estimate of drug-likeness (QED) is 0.301. The SMILES string of the molecule is CC(C)(O)[C@@H]1CC[C@@](C)([C@H]2[C@@H](O)C[C@@]3(C)[C@@H]4C[C@H](OC(=O)[C@@H](N)CC(=O)O)[C@H]5C(C)(C)C(F)(F)CC[C@@]56C[C@@]46CC[C@]23C)O1. The highest BCUT2D eigenvalue weighted by atomic mass is 19.3. The second-order valence-corrected chi connectivity index (χ2v) is 17.6. The van der Waals surface area contributed by atoms with Crippen molar-refractivity contribution >= 4 is 11.9 Å². The van der Waals surface area contributed by atoms with Crippen LogP contribution in [0.1, 0.15) is 113 Å². The summed E-state index contributed by atoms with van der Waals surface area (Å²) >= 11 is 0. The molecule has 2 spiro atoms. The Labute approximate surface area is 259 Å². The van der Waals surface area contributed by atoms with Crippen molar-refractivity contribution in [3.8, 4) is 0 Å². The number of ether oxygens (including phenoxy) is 2. The van der Waals surface area contributed by atoms with Gasteiger partial charge >= 0.3 is 11.9 Å². The smallest absolute Gasteiger partial charge is 0.323 e. The zero-order valence-electron chi connectivity index (χ0n) is 27.4. The number of alkyl halides is 2. The van der Waals surface area contributed by atoms with Crippen molar-refractivity contribution in [2.75, 3.05) is 0 Å². The molecule has 0 amide bonds. The van der Waals surface area contributed by atoms with E-state index in [1.165, 1.54) is 0 Å². The Kier molecular flexibility index (Phi) is 6.94. The summed E-state index contributed by atoms with van der Waals surface area (Å²) in [6.07, 6.45) is 2.56. The molecule has 1 aliphatic heterocycles. The number of aliphatic hydroxyl groups is 2. The van der Waals surface area contributed by atoms with E-state index in [2.05, 4.69) is 20.8 Å². The highest BCUT2D eigenvalue weighted by Gasteiger charge is 2.86. The summed E-state index contributed by atoms with van der Waals surface area (Å²) < 4.78 is 44.1. The topological polar surface area (TPSA) is 139 Å². The summed E-state index contributed by atoms with van der Waals surface area (Å²) in [5.74, 6) is -5.79. The van der Waals surface area contributed by atoms with E-state index in [4.69, 9.17) is 15.2 Å². The van der Waals surface area contributed by atoms with Gasteiger partial charge in [0.2, 0.25) is 0 Å². The average Bonchev–Trinajstić information content (AvgIpc) is 3.25. The van der Waals surface area contributed by atoms with Crippen LogP contribution in [0, 0.1) is 44.8 Å². The van der Waals surface area contributed by atoms with Gasteiger partial charge in [0.05, 0.1) is 29.8 Å². The number of hydrogen-bond donors (Lipinski definition) is 4. The second-order valence-electron chi connectivity index (χ2n) is 17.6. The molecule has 6 rings (SSSR count). The molecule has 10 heteroatoms. The van der Waals surface area contributed by atoms with Gasteiger partial charge in [0, 0.05) is 23.7 Å². The molecule has 5 N–H and O–H groups in total. The zero-order valence-corrected chi connectivity index (χ0v) is 27.4. The highest BCUT2D eigenvalue weighted by molar-refractivity contribution is 5.81. The first kappa shape index (κ1) is 32.6. The van der Waals surface area contributed by atoms with E-state index in [0.717, 1.165) is 25.7 Å². The largest absolute Gasteiger partial charge is 0.481 e. The number of carboxylic acids is 1. The highest BCUT2D eigenvalue weighted by Crippen LogP contribution is 2.90. The first-order valence-electron chi connectivity index (χ1n) is 16.7. The molecule has 12 atom stereocenters. The third-order valence-electron chi connectivity index (χ3n) is 14.8. The van der Waals surface area contributed by atoms with Gasteiger partial charge in [0.25, 0.3) is 5.92 Å². The fourth-order valence-electron chi connectivity index (χ4n) is 12.6. The van der Waals surface area contributed by atoms with Gasteiger partial charge in [-0.25, -0.2) is 8.78 Å². The van der Waals surface area contributed by atoms with Crippen LogP contribution in [0.25, 0.3) is 0 Å². The number of esters is 1. The number of carbonyl (C=O) groups is 2. The molecular formula is C34H53F2NO7. The molecule has 44 heavy (non-hydrogen) atoms. The van der Waals surface area contributed by atoms with Gasteiger partial charge in [0.1, 0.15) is 12.1 Å². The molecule has 0 unspecified atom stereocenters. The van der Waals surface area contributed by atoms with Gasteiger partial charge in [-0.3, -0.25) is 9.59 Å². The summed E-state index contributed by atoms with van der Waals surface area (Å²) in [6.45, 7) is 13.3. The molecule has 1 heterocycles. The summed E-state index contributed by atoms with van der Waals surface area (Å²) in [6, 6.07) is -1.38. The Morgan fingerprint density at radius 2 is 1.64 bits per heavy atom. The molecule has 6 fully saturated rings. The van der Waals surface area contributed by atoms with Crippen LogP contribution in [-0.2, 0) is 19.1 Å². The lowest BCUT2D eigenvalue weighted by atomic mass is 9.41. The molecule has 5 aliphatic carbocycles. The van der Waals surface area contributed by atoms with E-state index in [9.17, 15) is 24.9 Å². The maximum Gasteiger partial charge on any atom is 0.323 e. The van der Waals surface area contributed by atoms with Gasteiger partial charge in [-0.05, 0) is 99.7 Å². The molecule has 0 aromatic carbocycles. The summed E-state index contributed by atoms with van der Waals surface area (Å²) in [5.41, 5.74) is 1.51. The number of halogens is 2. The minimum Gasteiger partial charge on any atom is -0.481 e. The Morgan fingerprint density at radius 1 is 1.00 bits per heavy atom. The van der Waals surface area contributed by atoms with E-state index in [0.29, 0.717) is 25.7 Å². The predicted molar refractivity (Wildman–Crippen MR) is 158 cm³/mol. The van der Waals surface area contributed by atoms with Crippen LogP contribution in [0.2, 0.25) is 0 Å². The summed E-state index contributed by atoms with van der Waals surface area (Å²) in [5, 5.41) is 31.9. The number of aliphatic hydroxyl groups excluding tert-OH is 1. The first-order chi connectivity index (χ1) is 20.0. The molecule has 0 radical (unpaired) electrons. The van der Waals surface area contributed by atoms with Crippen LogP contribution in [0.15, 0.2) is 0 Å². The number of rotatable bonds is 6. The van der Waals surface area contributed by atoms with Crippen molar-refractivity contribution in [3.63, 3.8) is 0 Å². The van der Waals surface area contributed by atoms with Gasteiger partial charge < -0.3 is 30.5 Å². The van der Waals surface area contributed by atoms with Gasteiger partial charge in [-0.2, -0.15) is 0 Å². The Bertz CT molecular complexity index is 1240. The third-order valence-corrected chi connectivity index (χ3v) is 14.8. The van der Waals surface area contributed by atoms with Crippen LogP contribution in [0.4, 0.5) is 8.78 Å². The van der Waals surface area contributed by atoms with E-state index >= 15 is 8.78 Å². The predicted octanol–water partition coefficient (Wildman–Crippen LogP) is 5.06. The molecule has 1 saturated heterocycles. The van der Waals surface area contributed by atoms with Crippen LogP contribution in [-0.4, -0.2) is 68.7 Å². The lowest BCUT2D eigenvalue weighted by molar-refractivity contribution is -0.252. The first-order valence-corrected chi connectivity index (χ1v) is 16.7.